The Balaban J connectivity index is 2.50. The lowest BCUT2D eigenvalue weighted by Gasteiger charge is -2.04. The molecule has 88 valence electrons. The van der Waals surface area contributed by atoms with Crippen molar-refractivity contribution in [1.29, 1.82) is 5.26 Å². The second kappa shape index (κ2) is 5.55. The largest absolute Gasteiger partial charge is 0.399 e. The number of oxime groups is 1. The normalized spacial score (nSPS) is 10.8. The van der Waals surface area contributed by atoms with Crippen molar-refractivity contribution in [2.45, 2.75) is 0 Å². The van der Waals surface area contributed by atoms with Gasteiger partial charge in [-0.3, -0.25) is 9.97 Å². The molecule has 0 spiro atoms. The van der Waals surface area contributed by atoms with Gasteiger partial charge >= 0.3 is 0 Å². The van der Waals surface area contributed by atoms with Gasteiger partial charge in [0.25, 0.3) is 0 Å². The third kappa shape index (κ3) is 2.50. The molecule has 0 bridgehead atoms. The van der Waals surface area contributed by atoms with Crippen LogP contribution in [-0.4, -0.2) is 22.8 Å². The summed E-state index contributed by atoms with van der Waals surface area (Å²) in [6, 6.07) is 10.8. The molecular formula is C13H10N4O. The maximum atomic E-state index is 8.88. The van der Waals surface area contributed by atoms with E-state index in [-0.39, 0.29) is 0 Å². The molecule has 0 atom stereocenters. The summed E-state index contributed by atoms with van der Waals surface area (Å²) in [4.78, 5) is 13.2. The number of nitriles is 1. The van der Waals surface area contributed by atoms with Crippen molar-refractivity contribution in [2.24, 2.45) is 5.16 Å². The van der Waals surface area contributed by atoms with Crippen LogP contribution in [-0.2, 0) is 4.84 Å². The second-order valence-electron chi connectivity index (χ2n) is 3.38. The lowest BCUT2D eigenvalue weighted by Crippen LogP contribution is -2.08. The Morgan fingerprint density at radius 3 is 2.72 bits per heavy atom. The number of nitrogens with zero attached hydrogens (tertiary/aromatic N) is 4. The molecule has 0 amide bonds. The average Bonchev–Trinajstić information content (AvgIpc) is 2.46. The van der Waals surface area contributed by atoms with E-state index < -0.39 is 0 Å². The molecule has 5 heteroatoms. The zero-order valence-corrected chi connectivity index (χ0v) is 9.74. The molecule has 0 unspecified atom stereocenters. The van der Waals surface area contributed by atoms with Crippen molar-refractivity contribution in [3.63, 3.8) is 0 Å². The first-order chi connectivity index (χ1) is 8.85. The van der Waals surface area contributed by atoms with Crippen molar-refractivity contribution in [1.82, 2.24) is 9.97 Å². The Morgan fingerprint density at radius 2 is 2.06 bits per heavy atom. The van der Waals surface area contributed by atoms with Crippen molar-refractivity contribution < 1.29 is 4.84 Å². The fourth-order valence-electron chi connectivity index (χ4n) is 1.45. The molecule has 0 radical (unpaired) electrons. The summed E-state index contributed by atoms with van der Waals surface area (Å²) >= 11 is 0. The van der Waals surface area contributed by atoms with Crippen molar-refractivity contribution >= 4 is 5.71 Å². The van der Waals surface area contributed by atoms with Crippen LogP contribution in [0, 0.1) is 11.3 Å². The fourth-order valence-corrected chi connectivity index (χ4v) is 1.45. The molecule has 18 heavy (non-hydrogen) atoms. The molecule has 0 aliphatic rings. The van der Waals surface area contributed by atoms with Gasteiger partial charge in [-0.25, -0.2) is 0 Å². The van der Waals surface area contributed by atoms with Crippen LogP contribution in [0.25, 0.3) is 0 Å². The SMILES string of the molecule is CON=C(c1ccccn1)c1cc(C#N)ccn1. The van der Waals surface area contributed by atoms with E-state index >= 15 is 0 Å². The molecule has 2 heterocycles. The van der Waals surface area contributed by atoms with Gasteiger partial charge in [0, 0.05) is 12.4 Å². The molecule has 2 aromatic rings. The molecule has 0 saturated heterocycles. The van der Waals surface area contributed by atoms with Crippen LogP contribution in [0.1, 0.15) is 17.0 Å². The molecular weight excluding hydrogens is 228 g/mol. The van der Waals surface area contributed by atoms with Crippen molar-refractivity contribution in [3.8, 4) is 6.07 Å². The van der Waals surface area contributed by atoms with E-state index in [0.717, 1.165) is 0 Å². The first-order valence-electron chi connectivity index (χ1n) is 5.24. The quantitative estimate of drug-likeness (QED) is 0.603. The third-order valence-electron chi connectivity index (χ3n) is 2.22. The zero-order valence-electron chi connectivity index (χ0n) is 9.74. The van der Waals surface area contributed by atoms with Gasteiger partial charge in [0.05, 0.1) is 23.0 Å². The Labute approximate surface area is 104 Å². The maximum Gasteiger partial charge on any atom is 0.154 e. The minimum absolute atomic E-state index is 0.496. The van der Waals surface area contributed by atoms with Gasteiger partial charge in [-0.05, 0) is 24.3 Å². The van der Waals surface area contributed by atoms with Gasteiger partial charge in [0.15, 0.2) is 5.71 Å². The van der Waals surface area contributed by atoms with Crippen LogP contribution in [0.2, 0.25) is 0 Å². The third-order valence-corrected chi connectivity index (χ3v) is 2.22. The summed E-state index contributed by atoms with van der Waals surface area (Å²) in [6.07, 6.45) is 3.22. The monoisotopic (exact) mass is 238 g/mol. The maximum absolute atomic E-state index is 8.88. The second-order valence-corrected chi connectivity index (χ2v) is 3.38. The van der Waals surface area contributed by atoms with Gasteiger partial charge < -0.3 is 4.84 Å². The number of hydrogen-bond donors (Lipinski definition) is 0. The van der Waals surface area contributed by atoms with Crippen LogP contribution in [0.4, 0.5) is 0 Å². The highest BCUT2D eigenvalue weighted by molar-refractivity contribution is 6.10. The summed E-state index contributed by atoms with van der Waals surface area (Å²) < 4.78 is 0. The average molecular weight is 238 g/mol. The summed E-state index contributed by atoms with van der Waals surface area (Å²) in [6.45, 7) is 0. The summed E-state index contributed by atoms with van der Waals surface area (Å²) in [5, 5.41) is 12.8. The van der Waals surface area contributed by atoms with Crippen LogP contribution in [0.5, 0.6) is 0 Å². The molecule has 5 nitrogen and oxygen atoms in total. The molecule has 0 aliphatic carbocycles. The van der Waals surface area contributed by atoms with Crippen LogP contribution >= 0.6 is 0 Å². The van der Waals surface area contributed by atoms with E-state index in [4.69, 9.17) is 10.1 Å². The topological polar surface area (TPSA) is 71.2 Å². The molecule has 0 saturated carbocycles. The van der Waals surface area contributed by atoms with Gasteiger partial charge in [-0.1, -0.05) is 11.2 Å². The lowest BCUT2D eigenvalue weighted by atomic mass is 10.1. The summed E-state index contributed by atoms with van der Waals surface area (Å²) in [5.41, 5.74) is 2.20. The number of aromatic nitrogens is 2. The highest BCUT2D eigenvalue weighted by Crippen LogP contribution is 2.08. The molecule has 2 rings (SSSR count). The van der Waals surface area contributed by atoms with E-state index in [2.05, 4.69) is 21.2 Å². The predicted molar refractivity (Wildman–Crippen MR) is 65.8 cm³/mol. The molecule has 0 aromatic carbocycles. The highest BCUT2D eigenvalue weighted by atomic mass is 16.6. The van der Waals surface area contributed by atoms with Crippen molar-refractivity contribution in [3.05, 3.63) is 59.7 Å². The van der Waals surface area contributed by atoms with Gasteiger partial charge in [0.1, 0.15) is 7.11 Å². The molecule has 0 N–H and O–H groups in total. The predicted octanol–water partition coefficient (Wildman–Crippen LogP) is 1.75. The summed E-state index contributed by atoms with van der Waals surface area (Å²) in [7, 11) is 1.46. The van der Waals surface area contributed by atoms with Gasteiger partial charge in [-0.15, -0.1) is 0 Å². The summed E-state index contributed by atoms with van der Waals surface area (Å²) in [5.74, 6) is 0. The zero-order chi connectivity index (χ0) is 12.8. The smallest absolute Gasteiger partial charge is 0.154 e. The van der Waals surface area contributed by atoms with Gasteiger partial charge in [0.2, 0.25) is 0 Å². The first-order valence-corrected chi connectivity index (χ1v) is 5.24. The minimum Gasteiger partial charge on any atom is -0.399 e. The van der Waals surface area contributed by atoms with E-state index in [1.165, 1.54) is 7.11 Å². The highest BCUT2D eigenvalue weighted by Gasteiger charge is 2.11. The Kier molecular flexibility index (Phi) is 3.62. The number of hydrogen-bond acceptors (Lipinski definition) is 5. The standard InChI is InChI=1S/C13H10N4O/c1-18-17-13(11-4-2-3-6-15-11)12-8-10(9-14)5-7-16-12/h2-8H,1H3. The number of pyridine rings is 2. The minimum atomic E-state index is 0.496. The molecule has 2 aromatic heterocycles. The Morgan fingerprint density at radius 1 is 1.22 bits per heavy atom. The van der Waals surface area contributed by atoms with Crippen LogP contribution in [0.3, 0.4) is 0 Å². The Hall–Kier alpha value is -2.74. The first kappa shape index (κ1) is 11.7. The van der Waals surface area contributed by atoms with Crippen molar-refractivity contribution in [2.75, 3.05) is 7.11 Å². The lowest BCUT2D eigenvalue weighted by molar-refractivity contribution is 0.213. The van der Waals surface area contributed by atoms with E-state index in [9.17, 15) is 0 Å². The van der Waals surface area contributed by atoms with E-state index in [0.29, 0.717) is 22.7 Å². The molecule has 0 aliphatic heterocycles. The fraction of sp³-hybridized carbons (Fsp3) is 0.0769. The van der Waals surface area contributed by atoms with E-state index in [1.54, 1.807) is 30.6 Å². The Bertz CT molecular complexity index is 602. The molecule has 0 fully saturated rings. The van der Waals surface area contributed by atoms with Gasteiger partial charge in [-0.2, -0.15) is 5.26 Å². The van der Waals surface area contributed by atoms with E-state index in [1.807, 2.05) is 12.1 Å². The van der Waals surface area contributed by atoms with Crippen LogP contribution < -0.4 is 0 Å². The number of rotatable bonds is 3. The van der Waals surface area contributed by atoms with Crippen LogP contribution in [0.15, 0.2) is 47.9 Å².